The van der Waals surface area contributed by atoms with Gasteiger partial charge in [0, 0.05) is 5.69 Å². The van der Waals surface area contributed by atoms with Gasteiger partial charge in [-0.25, -0.2) is 4.79 Å². The number of amides is 2. The van der Waals surface area contributed by atoms with Crippen LogP contribution in [0.2, 0.25) is 0 Å². The van der Waals surface area contributed by atoms with Crippen LogP contribution >= 0.6 is 0 Å². The fraction of sp³-hybridized carbons (Fsp3) is 0.136. The highest BCUT2D eigenvalue weighted by atomic mass is 19.4. The van der Waals surface area contributed by atoms with Crippen molar-refractivity contribution < 1.29 is 45.3 Å². The van der Waals surface area contributed by atoms with Crippen molar-refractivity contribution in [1.29, 1.82) is 0 Å². The molecule has 0 radical (unpaired) electrons. The van der Waals surface area contributed by atoms with Crippen LogP contribution in [0.15, 0.2) is 72.8 Å². The molecular formula is C22H16F6N2O4. The summed E-state index contributed by atoms with van der Waals surface area (Å²) in [5.41, 5.74) is 1.05. The van der Waals surface area contributed by atoms with Crippen LogP contribution in [0.25, 0.3) is 0 Å². The van der Waals surface area contributed by atoms with Crippen molar-refractivity contribution in [3.8, 4) is 17.2 Å². The topological polar surface area (TPSA) is 68.8 Å². The molecule has 0 aromatic heterocycles. The van der Waals surface area contributed by atoms with Gasteiger partial charge in [0.15, 0.2) is 0 Å². The number of urea groups is 1. The SMILES string of the molecule is O=C(Nc1ccc(OC(F)(F)F)cc1)Nc1ccccc1OCc1ccc(OC(F)(F)F)cc1. The van der Waals surface area contributed by atoms with Crippen molar-refractivity contribution in [2.24, 2.45) is 0 Å². The normalized spacial score (nSPS) is 11.5. The van der Waals surface area contributed by atoms with Crippen molar-refractivity contribution in [3.05, 3.63) is 78.4 Å². The molecule has 6 nitrogen and oxygen atoms in total. The van der Waals surface area contributed by atoms with Crippen LogP contribution < -0.4 is 24.8 Å². The first-order valence-electron chi connectivity index (χ1n) is 9.47. The minimum absolute atomic E-state index is 0.00667. The summed E-state index contributed by atoms with van der Waals surface area (Å²) in [6.45, 7) is -0.00667. The number of alkyl halides is 6. The molecule has 3 aromatic carbocycles. The third-order valence-corrected chi connectivity index (χ3v) is 4.03. The van der Waals surface area contributed by atoms with Gasteiger partial charge in [-0.15, -0.1) is 26.3 Å². The number of para-hydroxylation sites is 2. The van der Waals surface area contributed by atoms with Crippen LogP contribution in [0.4, 0.5) is 42.5 Å². The van der Waals surface area contributed by atoms with Crippen LogP contribution in [-0.4, -0.2) is 18.8 Å². The van der Waals surface area contributed by atoms with Gasteiger partial charge in [0.2, 0.25) is 0 Å². The maximum Gasteiger partial charge on any atom is 0.573 e. The maximum absolute atomic E-state index is 12.3. The summed E-state index contributed by atoms with van der Waals surface area (Å²) < 4.78 is 86.6. The molecular weight excluding hydrogens is 470 g/mol. The van der Waals surface area contributed by atoms with E-state index in [0.717, 1.165) is 24.3 Å². The minimum atomic E-state index is -4.82. The number of hydrogen-bond acceptors (Lipinski definition) is 4. The Balaban J connectivity index is 1.57. The van der Waals surface area contributed by atoms with Crippen LogP contribution in [-0.2, 0) is 6.61 Å². The highest BCUT2D eigenvalue weighted by Crippen LogP contribution is 2.27. The third-order valence-electron chi connectivity index (χ3n) is 4.03. The molecule has 0 fully saturated rings. The van der Waals surface area contributed by atoms with Crippen molar-refractivity contribution in [1.82, 2.24) is 0 Å². The van der Waals surface area contributed by atoms with Crippen molar-refractivity contribution in [3.63, 3.8) is 0 Å². The summed E-state index contributed by atoms with van der Waals surface area (Å²) >= 11 is 0. The average Bonchev–Trinajstić information content (AvgIpc) is 2.73. The molecule has 0 atom stereocenters. The van der Waals surface area contributed by atoms with Gasteiger partial charge >= 0.3 is 18.8 Å². The van der Waals surface area contributed by atoms with Gasteiger partial charge in [-0.1, -0.05) is 24.3 Å². The van der Waals surface area contributed by atoms with Gasteiger partial charge in [-0.3, -0.25) is 0 Å². The van der Waals surface area contributed by atoms with Crippen LogP contribution in [0.5, 0.6) is 17.2 Å². The number of rotatable bonds is 7. The van der Waals surface area contributed by atoms with Gasteiger partial charge in [0.05, 0.1) is 5.69 Å². The number of carbonyl (C=O) groups excluding carboxylic acids is 1. The maximum atomic E-state index is 12.3. The first-order valence-corrected chi connectivity index (χ1v) is 9.47. The van der Waals surface area contributed by atoms with E-state index in [0.29, 0.717) is 5.56 Å². The molecule has 34 heavy (non-hydrogen) atoms. The average molecular weight is 486 g/mol. The molecule has 0 aliphatic heterocycles. The van der Waals surface area contributed by atoms with Crippen LogP contribution in [0.3, 0.4) is 0 Å². The lowest BCUT2D eigenvalue weighted by Gasteiger charge is -2.14. The third kappa shape index (κ3) is 8.11. The molecule has 2 N–H and O–H groups in total. The van der Waals surface area contributed by atoms with E-state index in [1.807, 2.05) is 0 Å². The zero-order valence-corrected chi connectivity index (χ0v) is 17.0. The predicted molar refractivity (Wildman–Crippen MR) is 110 cm³/mol. The molecule has 0 bridgehead atoms. The number of carbonyl (C=O) groups is 1. The molecule has 2 amide bonds. The van der Waals surface area contributed by atoms with Gasteiger partial charge in [0.1, 0.15) is 23.9 Å². The molecule has 3 aromatic rings. The number of anilines is 2. The smallest absolute Gasteiger partial charge is 0.487 e. The highest BCUT2D eigenvalue weighted by molar-refractivity contribution is 6.00. The first-order chi connectivity index (χ1) is 16.0. The van der Waals surface area contributed by atoms with E-state index in [1.165, 1.54) is 24.3 Å². The van der Waals surface area contributed by atoms with Gasteiger partial charge < -0.3 is 24.8 Å². The Morgan fingerprint density at radius 3 is 1.79 bits per heavy atom. The summed E-state index contributed by atoms with van der Waals surface area (Å²) in [5, 5.41) is 5.01. The lowest BCUT2D eigenvalue weighted by molar-refractivity contribution is -0.275. The summed E-state index contributed by atoms with van der Waals surface area (Å²) in [7, 11) is 0. The molecule has 0 saturated carbocycles. The van der Waals surface area contributed by atoms with Crippen molar-refractivity contribution in [2.45, 2.75) is 19.3 Å². The second-order valence-corrected chi connectivity index (χ2v) is 6.63. The van der Waals surface area contributed by atoms with Crippen LogP contribution in [0, 0.1) is 0 Å². The van der Waals surface area contributed by atoms with E-state index in [-0.39, 0.29) is 29.5 Å². The largest absolute Gasteiger partial charge is 0.573 e. The minimum Gasteiger partial charge on any atom is -0.487 e. The standard InChI is InChI=1S/C22H16F6N2O4/c23-21(24,25)33-16-9-5-14(6-10-16)13-32-19-4-2-1-3-18(19)30-20(31)29-15-7-11-17(12-8-15)34-22(26,27)28/h1-12H,13H2,(H2,29,30,31). The quantitative estimate of drug-likeness (QED) is 0.365. The fourth-order valence-corrected chi connectivity index (χ4v) is 2.67. The summed E-state index contributed by atoms with van der Waals surface area (Å²) in [4.78, 5) is 12.3. The van der Waals surface area contributed by atoms with Gasteiger partial charge in [-0.2, -0.15) is 0 Å². The van der Waals surface area contributed by atoms with Crippen molar-refractivity contribution >= 4 is 17.4 Å². The Bertz CT molecular complexity index is 1100. The fourth-order valence-electron chi connectivity index (χ4n) is 2.67. The molecule has 0 aliphatic rings. The summed E-state index contributed by atoms with van der Waals surface area (Å²) in [6, 6.07) is 15.4. The van der Waals surface area contributed by atoms with E-state index < -0.39 is 24.5 Å². The predicted octanol–water partition coefficient (Wildman–Crippen LogP) is 6.71. The second-order valence-electron chi connectivity index (χ2n) is 6.63. The molecule has 0 spiro atoms. The zero-order valence-electron chi connectivity index (χ0n) is 17.0. The molecule has 180 valence electrons. The monoisotopic (exact) mass is 486 g/mol. The van der Waals surface area contributed by atoms with Gasteiger partial charge in [-0.05, 0) is 54.1 Å². The Hall–Kier alpha value is -4.09. The Morgan fingerprint density at radius 2 is 1.24 bits per heavy atom. The molecule has 0 heterocycles. The second kappa shape index (κ2) is 10.2. The van der Waals surface area contributed by atoms with E-state index in [1.54, 1.807) is 24.3 Å². The van der Waals surface area contributed by atoms with E-state index in [2.05, 4.69) is 20.1 Å². The number of ether oxygens (including phenoxy) is 3. The Morgan fingerprint density at radius 1 is 0.706 bits per heavy atom. The summed E-state index contributed by atoms with van der Waals surface area (Å²) in [6.07, 6.45) is -9.61. The molecule has 12 heteroatoms. The lowest BCUT2D eigenvalue weighted by Crippen LogP contribution is -2.20. The summed E-state index contributed by atoms with van der Waals surface area (Å²) in [5.74, 6) is -0.523. The lowest BCUT2D eigenvalue weighted by atomic mass is 10.2. The number of halogens is 6. The Labute approximate surface area is 189 Å². The Kier molecular flexibility index (Phi) is 7.39. The number of benzene rings is 3. The van der Waals surface area contributed by atoms with E-state index in [4.69, 9.17) is 4.74 Å². The van der Waals surface area contributed by atoms with E-state index in [9.17, 15) is 31.1 Å². The molecule has 0 saturated heterocycles. The first kappa shape index (κ1) is 24.6. The van der Waals surface area contributed by atoms with Gasteiger partial charge in [0.25, 0.3) is 0 Å². The van der Waals surface area contributed by atoms with E-state index >= 15 is 0 Å². The molecule has 3 rings (SSSR count). The number of nitrogens with one attached hydrogen (secondary N) is 2. The van der Waals surface area contributed by atoms with Crippen LogP contribution in [0.1, 0.15) is 5.56 Å². The molecule has 0 aliphatic carbocycles. The highest BCUT2D eigenvalue weighted by Gasteiger charge is 2.31. The van der Waals surface area contributed by atoms with Crippen molar-refractivity contribution in [2.75, 3.05) is 10.6 Å². The zero-order chi connectivity index (χ0) is 24.8. The number of hydrogen-bond donors (Lipinski definition) is 2. The molecule has 0 unspecified atom stereocenters.